The molecule has 3 nitrogen and oxygen atoms in total. The Hall–Kier alpha value is -1.48. The van der Waals surface area contributed by atoms with Crippen molar-refractivity contribution in [2.24, 2.45) is 0 Å². The average molecular weight is 357 g/mol. The minimum Gasteiger partial charge on any atom is -0.491 e. The molecule has 3 rings (SSSR count). The van der Waals surface area contributed by atoms with Crippen LogP contribution in [0.25, 0.3) is 10.9 Å². The number of rotatable bonds is 12. The van der Waals surface area contributed by atoms with E-state index < -0.39 is 0 Å². The Morgan fingerprint density at radius 2 is 1.69 bits per heavy atom. The number of para-hydroxylation sites is 1. The SMILES string of the molecule is CCCCCCCCn1ccc2cccc(OCCCN3CCCC3)c21. The first-order valence-electron chi connectivity index (χ1n) is 10.8. The molecule has 3 heteroatoms. The minimum atomic E-state index is 0.817. The highest BCUT2D eigenvalue weighted by Crippen LogP contribution is 2.27. The van der Waals surface area contributed by atoms with Gasteiger partial charge in [-0.15, -0.1) is 0 Å². The van der Waals surface area contributed by atoms with Gasteiger partial charge >= 0.3 is 0 Å². The van der Waals surface area contributed by atoms with Crippen LogP contribution in [0.15, 0.2) is 30.5 Å². The van der Waals surface area contributed by atoms with Gasteiger partial charge in [-0.05, 0) is 50.9 Å². The molecule has 0 N–H and O–H groups in total. The Balaban J connectivity index is 1.49. The van der Waals surface area contributed by atoms with Crippen molar-refractivity contribution in [3.05, 3.63) is 30.5 Å². The fourth-order valence-corrected chi connectivity index (χ4v) is 4.07. The number of aryl methyl sites for hydroxylation is 1. The Labute approximate surface area is 159 Å². The zero-order valence-electron chi connectivity index (χ0n) is 16.6. The van der Waals surface area contributed by atoms with Crippen molar-refractivity contribution in [2.45, 2.75) is 71.3 Å². The lowest BCUT2D eigenvalue weighted by Gasteiger charge is -2.15. The van der Waals surface area contributed by atoms with E-state index in [2.05, 4.69) is 46.9 Å². The van der Waals surface area contributed by atoms with Crippen molar-refractivity contribution in [2.75, 3.05) is 26.2 Å². The highest BCUT2D eigenvalue weighted by molar-refractivity contribution is 5.86. The van der Waals surface area contributed by atoms with Crippen LogP contribution in [0.5, 0.6) is 5.75 Å². The van der Waals surface area contributed by atoms with Crippen LogP contribution in [0.2, 0.25) is 0 Å². The van der Waals surface area contributed by atoms with Gasteiger partial charge < -0.3 is 14.2 Å². The topological polar surface area (TPSA) is 17.4 Å². The zero-order chi connectivity index (χ0) is 18.0. The van der Waals surface area contributed by atoms with E-state index in [-0.39, 0.29) is 0 Å². The second-order valence-electron chi connectivity index (χ2n) is 7.72. The molecular weight excluding hydrogens is 320 g/mol. The fourth-order valence-electron chi connectivity index (χ4n) is 4.07. The molecule has 1 aliphatic rings. The number of unbranched alkanes of at least 4 members (excludes halogenated alkanes) is 5. The van der Waals surface area contributed by atoms with Crippen molar-refractivity contribution in [3.8, 4) is 5.75 Å². The summed E-state index contributed by atoms with van der Waals surface area (Å²) in [7, 11) is 0. The molecule has 0 unspecified atom stereocenters. The van der Waals surface area contributed by atoms with Gasteiger partial charge in [0.1, 0.15) is 5.75 Å². The van der Waals surface area contributed by atoms with Crippen LogP contribution < -0.4 is 4.74 Å². The molecule has 1 aliphatic heterocycles. The maximum Gasteiger partial charge on any atom is 0.143 e. The summed E-state index contributed by atoms with van der Waals surface area (Å²) in [4.78, 5) is 2.56. The molecule has 2 aromatic rings. The Morgan fingerprint density at radius 3 is 2.54 bits per heavy atom. The number of ether oxygens (including phenoxy) is 1. The molecule has 0 saturated carbocycles. The first kappa shape index (κ1) is 19.3. The van der Waals surface area contributed by atoms with E-state index in [0.29, 0.717) is 0 Å². The molecule has 0 radical (unpaired) electrons. The molecule has 0 spiro atoms. The number of nitrogens with zero attached hydrogens (tertiary/aromatic N) is 2. The molecule has 144 valence electrons. The van der Waals surface area contributed by atoms with E-state index in [1.807, 2.05) is 0 Å². The first-order chi connectivity index (χ1) is 12.9. The van der Waals surface area contributed by atoms with Gasteiger partial charge in [0.2, 0.25) is 0 Å². The molecule has 1 fully saturated rings. The summed E-state index contributed by atoms with van der Waals surface area (Å²) in [6, 6.07) is 8.68. The average Bonchev–Trinajstić information content (AvgIpc) is 3.32. The van der Waals surface area contributed by atoms with E-state index in [1.165, 1.54) is 81.9 Å². The number of benzene rings is 1. The number of likely N-dealkylation sites (tertiary alicyclic amines) is 1. The van der Waals surface area contributed by atoms with Gasteiger partial charge in [-0.2, -0.15) is 0 Å². The zero-order valence-corrected chi connectivity index (χ0v) is 16.6. The van der Waals surface area contributed by atoms with Crippen LogP contribution in [-0.4, -0.2) is 35.7 Å². The summed E-state index contributed by atoms with van der Waals surface area (Å²) in [6.07, 6.45) is 14.1. The highest BCUT2D eigenvalue weighted by Gasteiger charge is 2.11. The lowest BCUT2D eigenvalue weighted by molar-refractivity contribution is 0.264. The third-order valence-corrected chi connectivity index (χ3v) is 5.58. The van der Waals surface area contributed by atoms with Gasteiger partial charge in [-0.1, -0.05) is 51.2 Å². The third-order valence-electron chi connectivity index (χ3n) is 5.58. The molecule has 2 heterocycles. The molecule has 0 aliphatic carbocycles. The van der Waals surface area contributed by atoms with Gasteiger partial charge in [0, 0.05) is 24.7 Å². The van der Waals surface area contributed by atoms with Gasteiger partial charge in [0.05, 0.1) is 12.1 Å². The summed E-state index contributed by atoms with van der Waals surface area (Å²) in [5.41, 5.74) is 1.28. The maximum absolute atomic E-state index is 6.19. The van der Waals surface area contributed by atoms with E-state index in [0.717, 1.165) is 25.3 Å². The predicted octanol–water partition coefficient (Wildman–Crippen LogP) is 5.87. The Kier molecular flexibility index (Phi) is 7.87. The van der Waals surface area contributed by atoms with Crippen LogP contribution in [-0.2, 0) is 6.54 Å². The lowest BCUT2D eigenvalue weighted by Crippen LogP contribution is -2.21. The normalized spacial score (nSPS) is 15.1. The largest absolute Gasteiger partial charge is 0.491 e. The molecule has 0 amide bonds. The van der Waals surface area contributed by atoms with E-state index >= 15 is 0 Å². The van der Waals surface area contributed by atoms with Gasteiger partial charge in [-0.3, -0.25) is 0 Å². The Morgan fingerprint density at radius 1 is 0.885 bits per heavy atom. The predicted molar refractivity (Wildman–Crippen MR) is 111 cm³/mol. The van der Waals surface area contributed by atoms with Crippen LogP contribution in [0.1, 0.15) is 64.7 Å². The highest BCUT2D eigenvalue weighted by atomic mass is 16.5. The smallest absolute Gasteiger partial charge is 0.143 e. The number of hydrogen-bond acceptors (Lipinski definition) is 2. The van der Waals surface area contributed by atoms with E-state index in [9.17, 15) is 0 Å². The molecule has 0 bridgehead atoms. The lowest BCUT2D eigenvalue weighted by atomic mass is 10.1. The van der Waals surface area contributed by atoms with Crippen molar-refractivity contribution in [3.63, 3.8) is 0 Å². The molecule has 1 aromatic carbocycles. The summed E-state index contributed by atoms with van der Waals surface area (Å²) < 4.78 is 8.58. The summed E-state index contributed by atoms with van der Waals surface area (Å²) in [5.74, 6) is 1.06. The van der Waals surface area contributed by atoms with Crippen LogP contribution >= 0.6 is 0 Å². The minimum absolute atomic E-state index is 0.817. The van der Waals surface area contributed by atoms with Crippen LogP contribution in [0, 0.1) is 0 Å². The quantitative estimate of drug-likeness (QED) is 0.443. The van der Waals surface area contributed by atoms with E-state index in [1.54, 1.807) is 0 Å². The maximum atomic E-state index is 6.19. The number of aromatic nitrogens is 1. The van der Waals surface area contributed by atoms with Gasteiger partial charge in [-0.25, -0.2) is 0 Å². The number of fused-ring (bicyclic) bond motifs is 1. The fraction of sp³-hybridized carbons (Fsp3) is 0.652. The molecule has 26 heavy (non-hydrogen) atoms. The standard InChI is InChI=1S/C23H36N2O/c1-2-3-4-5-6-7-18-25-19-14-21-12-10-13-22(23(21)25)26-20-11-17-24-15-8-9-16-24/h10,12-14,19H,2-9,11,15-18,20H2,1H3. The van der Waals surface area contributed by atoms with Crippen LogP contribution in [0.4, 0.5) is 0 Å². The summed E-state index contributed by atoms with van der Waals surface area (Å²) in [6.45, 7) is 7.92. The van der Waals surface area contributed by atoms with Crippen molar-refractivity contribution < 1.29 is 4.74 Å². The molecule has 0 atom stereocenters. The second kappa shape index (κ2) is 10.6. The third kappa shape index (κ3) is 5.51. The molecule has 1 aromatic heterocycles. The van der Waals surface area contributed by atoms with Gasteiger partial charge in [0.15, 0.2) is 0 Å². The molecular formula is C23H36N2O. The Bertz CT molecular complexity index is 643. The van der Waals surface area contributed by atoms with Crippen LogP contribution in [0.3, 0.4) is 0 Å². The van der Waals surface area contributed by atoms with Gasteiger partial charge in [0.25, 0.3) is 0 Å². The van der Waals surface area contributed by atoms with E-state index in [4.69, 9.17) is 4.74 Å². The van der Waals surface area contributed by atoms with Crippen molar-refractivity contribution in [1.29, 1.82) is 0 Å². The van der Waals surface area contributed by atoms with Crippen molar-refractivity contribution in [1.82, 2.24) is 9.47 Å². The first-order valence-corrected chi connectivity index (χ1v) is 10.8. The summed E-state index contributed by atoms with van der Waals surface area (Å²) >= 11 is 0. The van der Waals surface area contributed by atoms with Crippen molar-refractivity contribution >= 4 is 10.9 Å². The summed E-state index contributed by atoms with van der Waals surface area (Å²) in [5, 5.41) is 1.30. The monoisotopic (exact) mass is 356 g/mol. The second-order valence-corrected chi connectivity index (χ2v) is 7.72. The number of hydrogen-bond donors (Lipinski definition) is 0. The molecule has 1 saturated heterocycles.